The second-order valence-corrected chi connectivity index (χ2v) is 4.74. The molecule has 2 rings (SSSR count). The molecular formula is C15H20ClFN2O3. The number of halogens is 2. The van der Waals surface area contributed by atoms with Crippen LogP contribution in [0.1, 0.15) is 11.3 Å². The molecule has 7 heteroatoms. The largest absolute Gasteiger partial charge is 0.459 e. The van der Waals surface area contributed by atoms with Gasteiger partial charge in [-0.3, -0.25) is 4.79 Å². The summed E-state index contributed by atoms with van der Waals surface area (Å²) in [5.74, 6) is 0.210. The third kappa shape index (κ3) is 4.69. The van der Waals surface area contributed by atoms with Gasteiger partial charge in [-0.1, -0.05) is 0 Å². The van der Waals surface area contributed by atoms with Crippen LogP contribution >= 0.6 is 12.4 Å². The topological polar surface area (TPSA) is 63.5 Å². The molecular weight excluding hydrogens is 311 g/mol. The maximum atomic E-state index is 13.2. The van der Waals surface area contributed by atoms with Gasteiger partial charge in [0.15, 0.2) is 0 Å². The molecule has 0 bridgehead atoms. The fourth-order valence-corrected chi connectivity index (χ4v) is 2.03. The van der Waals surface area contributed by atoms with Crippen molar-refractivity contribution in [1.82, 2.24) is 10.6 Å². The molecule has 2 aromatic rings. The van der Waals surface area contributed by atoms with Gasteiger partial charge < -0.3 is 19.8 Å². The predicted octanol–water partition coefficient (Wildman–Crippen LogP) is 2.15. The molecule has 22 heavy (non-hydrogen) atoms. The van der Waals surface area contributed by atoms with Crippen molar-refractivity contribution in [2.24, 2.45) is 0 Å². The van der Waals surface area contributed by atoms with E-state index in [1.807, 2.05) is 6.92 Å². The molecule has 2 N–H and O–H groups in total. The van der Waals surface area contributed by atoms with Crippen LogP contribution in [0, 0.1) is 12.7 Å². The minimum Gasteiger partial charge on any atom is -0.459 e. The Morgan fingerprint density at radius 1 is 1.41 bits per heavy atom. The van der Waals surface area contributed by atoms with Gasteiger partial charge in [-0.15, -0.1) is 12.4 Å². The van der Waals surface area contributed by atoms with E-state index in [0.717, 1.165) is 10.9 Å². The van der Waals surface area contributed by atoms with E-state index in [2.05, 4.69) is 10.6 Å². The third-order valence-electron chi connectivity index (χ3n) is 3.21. The lowest BCUT2D eigenvalue weighted by Crippen LogP contribution is -2.34. The lowest BCUT2D eigenvalue weighted by atomic mass is 10.1. The van der Waals surface area contributed by atoms with Gasteiger partial charge in [0.1, 0.15) is 17.2 Å². The summed E-state index contributed by atoms with van der Waals surface area (Å²) in [5, 5.41) is 6.45. The molecule has 0 aliphatic carbocycles. The number of hydrogen-bond donors (Lipinski definition) is 2. The maximum Gasteiger partial charge on any atom is 0.234 e. The van der Waals surface area contributed by atoms with Crippen molar-refractivity contribution in [3.8, 4) is 0 Å². The number of carbonyl (C=O) groups excluding carboxylic acids is 1. The number of aryl methyl sites for hydroxylation is 1. The minimum absolute atomic E-state index is 0. The standard InChI is InChI=1S/C15H19FN2O3.ClH/c1-10-12-7-11(16)3-4-13(12)21-14(10)8-18-15(19)9-17-5-6-20-2;/h3-4,7,17H,5-6,8-9H2,1-2H3,(H,18,19);1H. The summed E-state index contributed by atoms with van der Waals surface area (Å²) in [6.45, 7) is 3.53. The second-order valence-electron chi connectivity index (χ2n) is 4.74. The van der Waals surface area contributed by atoms with Gasteiger partial charge >= 0.3 is 0 Å². The molecule has 0 fully saturated rings. The number of benzene rings is 1. The van der Waals surface area contributed by atoms with Crippen molar-refractivity contribution >= 4 is 29.3 Å². The summed E-state index contributed by atoms with van der Waals surface area (Å²) in [5.41, 5.74) is 1.47. The van der Waals surface area contributed by atoms with Crippen molar-refractivity contribution in [1.29, 1.82) is 0 Å². The number of rotatable bonds is 7. The van der Waals surface area contributed by atoms with Crippen molar-refractivity contribution in [3.63, 3.8) is 0 Å². The van der Waals surface area contributed by atoms with E-state index in [1.54, 1.807) is 13.2 Å². The summed E-state index contributed by atoms with van der Waals surface area (Å²) in [6.07, 6.45) is 0. The van der Waals surface area contributed by atoms with Crippen LogP contribution in [-0.2, 0) is 16.1 Å². The van der Waals surface area contributed by atoms with Crippen LogP contribution < -0.4 is 10.6 Å². The first-order valence-corrected chi connectivity index (χ1v) is 6.75. The first kappa shape index (κ1) is 18.4. The zero-order valence-electron chi connectivity index (χ0n) is 12.6. The van der Waals surface area contributed by atoms with E-state index in [0.29, 0.717) is 24.5 Å². The van der Waals surface area contributed by atoms with Crippen LogP contribution in [0.25, 0.3) is 11.0 Å². The van der Waals surface area contributed by atoms with Crippen LogP contribution in [0.5, 0.6) is 0 Å². The van der Waals surface area contributed by atoms with Crippen LogP contribution in [-0.4, -0.2) is 32.7 Å². The number of amides is 1. The Hall–Kier alpha value is -1.63. The lowest BCUT2D eigenvalue weighted by Gasteiger charge is -2.05. The molecule has 1 aromatic heterocycles. The van der Waals surface area contributed by atoms with E-state index in [1.165, 1.54) is 12.1 Å². The highest BCUT2D eigenvalue weighted by Crippen LogP contribution is 2.25. The molecule has 0 aliphatic rings. The molecule has 0 unspecified atom stereocenters. The first-order chi connectivity index (χ1) is 10.1. The Morgan fingerprint density at radius 2 is 2.18 bits per heavy atom. The summed E-state index contributed by atoms with van der Waals surface area (Å²) >= 11 is 0. The van der Waals surface area contributed by atoms with Crippen molar-refractivity contribution in [3.05, 3.63) is 35.3 Å². The molecule has 1 aromatic carbocycles. The van der Waals surface area contributed by atoms with Crippen molar-refractivity contribution < 1.29 is 18.3 Å². The first-order valence-electron chi connectivity index (χ1n) is 6.75. The highest BCUT2D eigenvalue weighted by atomic mass is 35.5. The molecule has 1 amide bonds. The number of ether oxygens (including phenoxy) is 1. The molecule has 0 atom stereocenters. The number of nitrogens with one attached hydrogen (secondary N) is 2. The van der Waals surface area contributed by atoms with E-state index in [-0.39, 0.29) is 37.2 Å². The Kier molecular flexibility index (Phi) is 7.31. The van der Waals surface area contributed by atoms with Gasteiger partial charge in [0.05, 0.1) is 19.7 Å². The van der Waals surface area contributed by atoms with Gasteiger partial charge in [0.25, 0.3) is 0 Å². The molecule has 1 heterocycles. The van der Waals surface area contributed by atoms with E-state index < -0.39 is 0 Å². The van der Waals surface area contributed by atoms with E-state index in [9.17, 15) is 9.18 Å². The third-order valence-corrected chi connectivity index (χ3v) is 3.21. The summed E-state index contributed by atoms with van der Waals surface area (Å²) in [4.78, 5) is 11.6. The van der Waals surface area contributed by atoms with E-state index in [4.69, 9.17) is 9.15 Å². The molecule has 0 aliphatic heterocycles. The Balaban J connectivity index is 0.00000242. The normalized spacial score (nSPS) is 10.5. The van der Waals surface area contributed by atoms with Crippen LogP contribution in [0.3, 0.4) is 0 Å². The Labute approximate surface area is 134 Å². The van der Waals surface area contributed by atoms with Crippen LogP contribution in [0.2, 0.25) is 0 Å². The number of hydrogen-bond acceptors (Lipinski definition) is 4. The van der Waals surface area contributed by atoms with Crippen molar-refractivity contribution in [2.45, 2.75) is 13.5 Å². The molecule has 0 radical (unpaired) electrons. The monoisotopic (exact) mass is 330 g/mol. The number of fused-ring (bicyclic) bond motifs is 1. The number of furan rings is 1. The van der Waals surface area contributed by atoms with Gasteiger partial charge in [-0.05, 0) is 25.1 Å². The quantitative estimate of drug-likeness (QED) is 0.764. The highest BCUT2D eigenvalue weighted by Gasteiger charge is 2.12. The zero-order valence-corrected chi connectivity index (χ0v) is 13.4. The van der Waals surface area contributed by atoms with Crippen LogP contribution in [0.15, 0.2) is 22.6 Å². The van der Waals surface area contributed by atoms with Crippen LogP contribution in [0.4, 0.5) is 4.39 Å². The average Bonchev–Trinajstić information content (AvgIpc) is 2.78. The highest BCUT2D eigenvalue weighted by molar-refractivity contribution is 5.85. The fourth-order valence-electron chi connectivity index (χ4n) is 2.03. The Bertz CT molecular complexity index is 631. The van der Waals surface area contributed by atoms with Crippen molar-refractivity contribution in [2.75, 3.05) is 26.8 Å². The smallest absolute Gasteiger partial charge is 0.234 e. The Morgan fingerprint density at radius 3 is 2.91 bits per heavy atom. The van der Waals surface area contributed by atoms with Gasteiger partial charge in [0, 0.05) is 24.6 Å². The SMILES string of the molecule is COCCNCC(=O)NCc1oc2ccc(F)cc2c1C.Cl. The number of methoxy groups -OCH3 is 1. The minimum atomic E-state index is -0.302. The summed E-state index contributed by atoms with van der Waals surface area (Å²) in [7, 11) is 1.61. The summed E-state index contributed by atoms with van der Waals surface area (Å²) in [6, 6.07) is 4.38. The number of carbonyl (C=O) groups is 1. The van der Waals surface area contributed by atoms with Gasteiger partial charge in [0.2, 0.25) is 5.91 Å². The fraction of sp³-hybridized carbons (Fsp3) is 0.400. The molecule has 0 saturated carbocycles. The molecule has 0 spiro atoms. The summed E-state index contributed by atoms with van der Waals surface area (Å²) < 4.78 is 23.7. The van der Waals surface area contributed by atoms with Gasteiger partial charge in [-0.2, -0.15) is 0 Å². The molecule has 5 nitrogen and oxygen atoms in total. The molecule has 0 saturated heterocycles. The second kappa shape index (κ2) is 8.73. The lowest BCUT2D eigenvalue weighted by molar-refractivity contribution is -0.120. The van der Waals surface area contributed by atoms with Gasteiger partial charge in [-0.25, -0.2) is 4.39 Å². The average molecular weight is 331 g/mol. The van der Waals surface area contributed by atoms with E-state index >= 15 is 0 Å². The zero-order chi connectivity index (χ0) is 15.2. The maximum absolute atomic E-state index is 13.2. The predicted molar refractivity (Wildman–Crippen MR) is 84.7 cm³/mol. The molecule has 122 valence electrons.